The summed E-state index contributed by atoms with van der Waals surface area (Å²) in [7, 11) is 0. The van der Waals surface area contributed by atoms with Crippen LogP contribution in [0.15, 0.2) is 24.3 Å². The Bertz CT molecular complexity index is 408. The number of aryl methyl sites for hydroxylation is 1. The van der Waals surface area contributed by atoms with Gasteiger partial charge in [-0.15, -0.1) is 0 Å². The Morgan fingerprint density at radius 3 is 2.35 bits per heavy atom. The monoisotopic (exact) mass is 274 g/mol. The molecule has 2 rings (SSSR count). The van der Waals surface area contributed by atoms with Crippen LogP contribution < -0.4 is 10.2 Å². The minimum absolute atomic E-state index is 0.598. The highest BCUT2D eigenvalue weighted by Gasteiger charge is 2.30. The number of benzene rings is 1. The first-order valence-electron chi connectivity index (χ1n) is 8.04. The molecular formula is C18H30N2. The van der Waals surface area contributed by atoms with Crippen molar-refractivity contribution in [2.75, 3.05) is 18.0 Å². The minimum atomic E-state index is 0.598. The third-order valence-electron chi connectivity index (χ3n) is 4.32. The highest BCUT2D eigenvalue weighted by atomic mass is 15.2. The number of nitrogens with one attached hydrogen (secondary N) is 1. The molecule has 0 aliphatic carbocycles. The van der Waals surface area contributed by atoms with Crippen LogP contribution in [-0.2, 0) is 0 Å². The first-order valence-corrected chi connectivity index (χ1v) is 8.04. The van der Waals surface area contributed by atoms with Gasteiger partial charge in [0, 0.05) is 30.9 Å². The van der Waals surface area contributed by atoms with Crippen molar-refractivity contribution in [3.63, 3.8) is 0 Å². The van der Waals surface area contributed by atoms with Gasteiger partial charge in [-0.25, -0.2) is 0 Å². The number of hydrogen-bond donors (Lipinski definition) is 1. The Hall–Kier alpha value is -1.02. The molecule has 1 fully saturated rings. The summed E-state index contributed by atoms with van der Waals surface area (Å²) in [5.74, 6) is 1.42. The van der Waals surface area contributed by atoms with E-state index in [0.717, 1.165) is 19.0 Å². The lowest BCUT2D eigenvalue weighted by Crippen LogP contribution is -2.58. The Balaban J connectivity index is 2.16. The van der Waals surface area contributed by atoms with Gasteiger partial charge in [0.15, 0.2) is 0 Å². The highest BCUT2D eigenvalue weighted by molar-refractivity contribution is 5.49. The van der Waals surface area contributed by atoms with Crippen LogP contribution in [0.1, 0.15) is 39.7 Å². The molecule has 1 aliphatic rings. The smallest absolute Gasteiger partial charge is 0.0438 e. The molecule has 2 atom stereocenters. The van der Waals surface area contributed by atoms with Crippen molar-refractivity contribution in [2.45, 2.75) is 53.1 Å². The number of piperazine rings is 1. The second-order valence-electron chi connectivity index (χ2n) is 7.03. The molecule has 0 amide bonds. The second kappa shape index (κ2) is 6.62. The van der Waals surface area contributed by atoms with Crippen LogP contribution in [-0.4, -0.2) is 25.2 Å². The van der Waals surface area contributed by atoms with Gasteiger partial charge in [0.1, 0.15) is 0 Å². The standard InChI is InChI=1S/C18H30N2/c1-13(2)10-16-12-20(18(11-19-16)14(3)4)17-8-6-15(5)7-9-17/h6-9,13-14,16,18-19H,10-12H2,1-5H3. The lowest BCUT2D eigenvalue weighted by molar-refractivity contribution is 0.310. The van der Waals surface area contributed by atoms with Gasteiger partial charge < -0.3 is 10.2 Å². The van der Waals surface area contributed by atoms with E-state index in [-0.39, 0.29) is 0 Å². The molecule has 1 heterocycles. The number of nitrogens with zero attached hydrogens (tertiary/aromatic N) is 1. The molecule has 0 aromatic heterocycles. The Kier molecular flexibility index (Phi) is 5.09. The minimum Gasteiger partial charge on any atom is -0.365 e. The molecule has 1 aromatic rings. The summed E-state index contributed by atoms with van der Waals surface area (Å²) in [5, 5.41) is 3.75. The summed E-state index contributed by atoms with van der Waals surface area (Å²) < 4.78 is 0. The van der Waals surface area contributed by atoms with Crippen molar-refractivity contribution in [1.82, 2.24) is 5.32 Å². The number of anilines is 1. The van der Waals surface area contributed by atoms with Gasteiger partial charge in [-0.2, -0.15) is 0 Å². The first-order chi connectivity index (χ1) is 9.47. The summed E-state index contributed by atoms with van der Waals surface area (Å²) in [6, 6.07) is 10.2. The van der Waals surface area contributed by atoms with Gasteiger partial charge in [-0.05, 0) is 37.3 Å². The summed E-state index contributed by atoms with van der Waals surface area (Å²) >= 11 is 0. The molecule has 2 unspecified atom stereocenters. The van der Waals surface area contributed by atoms with E-state index >= 15 is 0 Å². The largest absolute Gasteiger partial charge is 0.365 e. The molecule has 112 valence electrons. The third-order valence-corrected chi connectivity index (χ3v) is 4.32. The maximum atomic E-state index is 3.75. The summed E-state index contributed by atoms with van der Waals surface area (Å²) in [4.78, 5) is 2.62. The first kappa shape index (κ1) is 15.4. The normalized spacial score (nSPS) is 23.6. The van der Waals surface area contributed by atoms with E-state index in [1.165, 1.54) is 17.7 Å². The highest BCUT2D eigenvalue weighted by Crippen LogP contribution is 2.25. The van der Waals surface area contributed by atoms with E-state index in [1.807, 2.05) is 0 Å². The van der Waals surface area contributed by atoms with E-state index in [4.69, 9.17) is 0 Å². The fourth-order valence-electron chi connectivity index (χ4n) is 3.19. The maximum Gasteiger partial charge on any atom is 0.0438 e. The van der Waals surface area contributed by atoms with Crippen molar-refractivity contribution in [2.24, 2.45) is 11.8 Å². The molecule has 0 radical (unpaired) electrons. The van der Waals surface area contributed by atoms with Crippen LogP contribution in [0.2, 0.25) is 0 Å². The Labute approximate surface area is 124 Å². The molecular weight excluding hydrogens is 244 g/mol. The molecule has 1 aromatic carbocycles. The van der Waals surface area contributed by atoms with Crippen LogP contribution >= 0.6 is 0 Å². The van der Waals surface area contributed by atoms with Crippen molar-refractivity contribution in [3.05, 3.63) is 29.8 Å². The molecule has 2 nitrogen and oxygen atoms in total. The average Bonchev–Trinajstić information content (AvgIpc) is 2.38. The fourth-order valence-corrected chi connectivity index (χ4v) is 3.19. The van der Waals surface area contributed by atoms with Crippen molar-refractivity contribution in [3.8, 4) is 0 Å². The average molecular weight is 274 g/mol. The maximum absolute atomic E-state index is 3.75. The van der Waals surface area contributed by atoms with Gasteiger partial charge in [0.2, 0.25) is 0 Å². The van der Waals surface area contributed by atoms with Crippen LogP contribution in [0.5, 0.6) is 0 Å². The molecule has 1 aliphatic heterocycles. The summed E-state index contributed by atoms with van der Waals surface area (Å²) in [5.41, 5.74) is 2.72. The van der Waals surface area contributed by atoms with Gasteiger partial charge in [-0.3, -0.25) is 0 Å². The van der Waals surface area contributed by atoms with Crippen molar-refractivity contribution in [1.29, 1.82) is 0 Å². The van der Waals surface area contributed by atoms with Crippen LogP contribution in [0.4, 0.5) is 5.69 Å². The summed E-state index contributed by atoms with van der Waals surface area (Å²) in [6.07, 6.45) is 1.26. The third kappa shape index (κ3) is 3.76. The summed E-state index contributed by atoms with van der Waals surface area (Å²) in [6.45, 7) is 13.7. The van der Waals surface area contributed by atoms with Crippen LogP contribution in [0.25, 0.3) is 0 Å². The molecule has 1 saturated heterocycles. The predicted molar refractivity (Wildman–Crippen MR) is 88.4 cm³/mol. The topological polar surface area (TPSA) is 15.3 Å². The molecule has 20 heavy (non-hydrogen) atoms. The van der Waals surface area contributed by atoms with Crippen molar-refractivity contribution >= 4 is 5.69 Å². The quantitative estimate of drug-likeness (QED) is 0.897. The fraction of sp³-hybridized carbons (Fsp3) is 0.667. The molecule has 0 spiro atoms. The molecule has 0 saturated carbocycles. The van der Waals surface area contributed by atoms with Crippen molar-refractivity contribution < 1.29 is 0 Å². The Morgan fingerprint density at radius 1 is 1.15 bits per heavy atom. The second-order valence-corrected chi connectivity index (χ2v) is 7.03. The molecule has 2 heteroatoms. The SMILES string of the molecule is Cc1ccc(N2CC(CC(C)C)NCC2C(C)C)cc1. The molecule has 0 bridgehead atoms. The van der Waals surface area contributed by atoms with Gasteiger partial charge >= 0.3 is 0 Å². The predicted octanol–water partition coefficient (Wildman–Crippen LogP) is 3.84. The Morgan fingerprint density at radius 2 is 1.80 bits per heavy atom. The molecule has 1 N–H and O–H groups in total. The van der Waals surface area contributed by atoms with Crippen LogP contribution in [0.3, 0.4) is 0 Å². The van der Waals surface area contributed by atoms with E-state index in [9.17, 15) is 0 Å². The van der Waals surface area contributed by atoms with E-state index < -0.39 is 0 Å². The number of hydrogen-bond acceptors (Lipinski definition) is 2. The van der Waals surface area contributed by atoms with Gasteiger partial charge in [0.25, 0.3) is 0 Å². The lowest BCUT2D eigenvalue weighted by Gasteiger charge is -2.44. The zero-order chi connectivity index (χ0) is 14.7. The van der Waals surface area contributed by atoms with E-state index in [2.05, 4.69) is 69.1 Å². The zero-order valence-electron chi connectivity index (χ0n) is 13.7. The van der Waals surface area contributed by atoms with Crippen LogP contribution in [0, 0.1) is 18.8 Å². The van der Waals surface area contributed by atoms with Gasteiger partial charge in [0.05, 0.1) is 0 Å². The van der Waals surface area contributed by atoms with E-state index in [0.29, 0.717) is 18.0 Å². The zero-order valence-corrected chi connectivity index (χ0v) is 13.7. The lowest BCUT2D eigenvalue weighted by atomic mass is 9.94. The van der Waals surface area contributed by atoms with E-state index in [1.54, 1.807) is 0 Å². The van der Waals surface area contributed by atoms with Gasteiger partial charge in [-0.1, -0.05) is 45.4 Å². The number of rotatable bonds is 4.